The zero-order valence-electron chi connectivity index (χ0n) is 28.4. The summed E-state index contributed by atoms with van der Waals surface area (Å²) in [6, 6.07) is 59.6. The van der Waals surface area contributed by atoms with Crippen LogP contribution < -0.4 is 0 Å². The lowest BCUT2D eigenvalue weighted by atomic mass is 9.89. The zero-order chi connectivity index (χ0) is 34.4. The molecule has 0 saturated carbocycles. The summed E-state index contributed by atoms with van der Waals surface area (Å²) in [4.78, 5) is 14.7. The lowest BCUT2D eigenvalue weighted by Crippen LogP contribution is -2.00. The molecule has 9 aromatic rings. The van der Waals surface area contributed by atoms with Gasteiger partial charge in [-0.25, -0.2) is 15.0 Å². The number of nitrogens with zero attached hydrogens (tertiary/aromatic N) is 3. The van der Waals surface area contributed by atoms with Gasteiger partial charge in [0.15, 0.2) is 17.5 Å². The molecule has 0 unspecified atom stereocenters. The van der Waals surface area contributed by atoms with Crippen molar-refractivity contribution in [1.29, 1.82) is 0 Å². The van der Waals surface area contributed by atoms with Gasteiger partial charge in [-0.2, -0.15) is 0 Å². The van der Waals surface area contributed by atoms with Crippen molar-refractivity contribution in [1.82, 2.24) is 15.0 Å². The van der Waals surface area contributed by atoms with E-state index in [0.29, 0.717) is 23.4 Å². The summed E-state index contributed by atoms with van der Waals surface area (Å²) >= 11 is 0. The van der Waals surface area contributed by atoms with Crippen molar-refractivity contribution >= 4 is 21.9 Å². The second-order valence-electron chi connectivity index (χ2n) is 13.5. The third kappa shape index (κ3) is 5.28. The van der Waals surface area contributed by atoms with Gasteiger partial charge in [-0.15, -0.1) is 0 Å². The van der Waals surface area contributed by atoms with Crippen LogP contribution in [-0.2, 0) is 6.42 Å². The summed E-state index contributed by atoms with van der Waals surface area (Å²) in [5, 5.41) is 2.19. The van der Waals surface area contributed by atoms with E-state index in [1.165, 1.54) is 38.9 Å². The first kappa shape index (κ1) is 30.2. The average molecular weight is 668 g/mol. The molecule has 0 saturated heterocycles. The molecule has 4 heteroatoms. The number of hydrogen-bond donors (Lipinski definition) is 0. The van der Waals surface area contributed by atoms with E-state index in [1.807, 2.05) is 60.7 Å². The number of aryl methyl sites for hydroxylation is 1. The van der Waals surface area contributed by atoms with Gasteiger partial charge in [-0.3, -0.25) is 0 Å². The number of furan rings is 1. The maximum Gasteiger partial charge on any atom is 0.164 e. The Kier molecular flexibility index (Phi) is 7.31. The van der Waals surface area contributed by atoms with Crippen molar-refractivity contribution in [2.45, 2.75) is 18.8 Å². The maximum atomic E-state index is 6.56. The van der Waals surface area contributed by atoms with Gasteiger partial charge in [0.1, 0.15) is 11.2 Å². The van der Waals surface area contributed by atoms with E-state index in [-0.39, 0.29) is 0 Å². The zero-order valence-corrected chi connectivity index (χ0v) is 28.4. The Bertz CT molecular complexity index is 2680. The van der Waals surface area contributed by atoms with Crippen LogP contribution in [0.5, 0.6) is 0 Å². The van der Waals surface area contributed by atoms with Crippen molar-refractivity contribution in [2.24, 2.45) is 0 Å². The average Bonchev–Trinajstić information content (AvgIpc) is 3.75. The lowest BCUT2D eigenvalue weighted by molar-refractivity contribution is 0.667. The van der Waals surface area contributed by atoms with E-state index in [4.69, 9.17) is 19.4 Å². The summed E-state index contributed by atoms with van der Waals surface area (Å²) in [5.74, 6) is 2.24. The number of aromatic nitrogens is 3. The molecular weight excluding hydrogens is 635 g/mol. The second kappa shape index (κ2) is 12.6. The van der Waals surface area contributed by atoms with Crippen molar-refractivity contribution < 1.29 is 4.42 Å². The molecule has 4 nitrogen and oxygen atoms in total. The Hall–Kier alpha value is -6.65. The van der Waals surface area contributed by atoms with Crippen molar-refractivity contribution in [3.8, 4) is 56.4 Å². The van der Waals surface area contributed by atoms with Gasteiger partial charge in [0.25, 0.3) is 0 Å². The van der Waals surface area contributed by atoms with Crippen LogP contribution in [0.25, 0.3) is 78.4 Å². The third-order valence-electron chi connectivity index (χ3n) is 10.4. The predicted octanol–water partition coefficient (Wildman–Crippen LogP) is 12.2. The molecule has 0 radical (unpaired) electrons. The summed E-state index contributed by atoms with van der Waals surface area (Å²) in [6.07, 6.45) is 1.96. The standard InChI is InChI=1S/C48H33N3O/c1-4-13-32(14-5-1)36-21-12-22-42-38(37-19-10-11-20-41(37)45(36)42)26-23-31-24-27-39-40-28-25-35(30-44(40)52-43(39)29-31)48-50-46(33-15-6-2-7-16-33)49-47(51-48)34-17-8-3-9-18-34/h1-22,24-25,27-30,38H,23,26H2/t38-/m1/s1. The molecule has 0 spiro atoms. The van der Waals surface area contributed by atoms with E-state index in [1.54, 1.807) is 0 Å². The predicted molar refractivity (Wildman–Crippen MR) is 211 cm³/mol. The van der Waals surface area contributed by atoms with Crippen LogP contribution in [0.3, 0.4) is 0 Å². The van der Waals surface area contributed by atoms with Crippen LogP contribution in [0.15, 0.2) is 174 Å². The molecule has 1 atom stereocenters. The number of fused-ring (bicyclic) bond motifs is 6. The van der Waals surface area contributed by atoms with Crippen molar-refractivity contribution in [2.75, 3.05) is 0 Å². The first-order valence-corrected chi connectivity index (χ1v) is 17.9. The van der Waals surface area contributed by atoms with Crippen LogP contribution in [-0.4, -0.2) is 15.0 Å². The molecule has 1 aliphatic rings. The topological polar surface area (TPSA) is 51.8 Å². The number of hydrogen-bond acceptors (Lipinski definition) is 4. The molecule has 0 bridgehead atoms. The fourth-order valence-corrected chi connectivity index (χ4v) is 7.89. The van der Waals surface area contributed by atoms with Crippen LogP contribution in [0, 0.1) is 0 Å². The Morgan fingerprint density at radius 1 is 0.423 bits per heavy atom. The molecular formula is C48H33N3O. The number of benzene rings is 7. The first-order chi connectivity index (χ1) is 25.8. The smallest absolute Gasteiger partial charge is 0.164 e. The van der Waals surface area contributed by atoms with Crippen LogP contribution in [0.4, 0.5) is 0 Å². The number of rotatable bonds is 7. The summed E-state index contributed by atoms with van der Waals surface area (Å²) in [5.41, 5.74) is 13.9. The SMILES string of the molecule is c1ccc(-c2nc(-c3ccccc3)nc(-c3ccc4c(c3)oc3cc(CC[C@@H]5c6ccccc6-c6c(-c7ccccc7)cccc65)ccc34)n2)cc1. The third-order valence-corrected chi connectivity index (χ3v) is 10.4. The molecule has 0 N–H and O–H groups in total. The molecule has 2 aromatic heterocycles. The highest BCUT2D eigenvalue weighted by Gasteiger charge is 2.30. The van der Waals surface area contributed by atoms with E-state index in [0.717, 1.165) is 51.5 Å². The van der Waals surface area contributed by atoms with Gasteiger partial charge in [0.05, 0.1) is 0 Å². The molecule has 10 rings (SSSR count). The fraction of sp³-hybridized carbons (Fsp3) is 0.0625. The lowest BCUT2D eigenvalue weighted by Gasteiger charge is -2.14. The van der Waals surface area contributed by atoms with E-state index in [9.17, 15) is 0 Å². The normalized spacial score (nSPS) is 13.3. The first-order valence-electron chi connectivity index (χ1n) is 17.9. The summed E-state index contributed by atoms with van der Waals surface area (Å²) in [6.45, 7) is 0. The maximum absolute atomic E-state index is 6.56. The monoisotopic (exact) mass is 667 g/mol. The van der Waals surface area contributed by atoms with Gasteiger partial charge in [0.2, 0.25) is 0 Å². The summed E-state index contributed by atoms with van der Waals surface area (Å²) < 4.78 is 6.56. The minimum Gasteiger partial charge on any atom is -0.456 e. The fourth-order valence-electron chi connectivity index (χ4n) is 7.89. The highest BCUT2D eigenvalue weighted by atomic mass is 16.3. The molecule has 52 heavy (non-hydrogen) atoms. The Morgan fingerprint density at radius 3 is 1.65 bits per heavy atom. The minimum atomic E-state index is 0.339. The highest BCUT2D eigenvalue weighted by molar-refractivity contribution is 6.06. The Balaban J connectivity index is 0.977. The molecule has 1 aliphatic carbocycles. The molecule has 2 heterocycles. The van der Waals surface area contributed by atoms with E-state index < -0.39 is 0 Å². The minimum absolute atomic E-state index is 0.339. The molecule has 246 valence electrons. The highest BCUT2D eigenvalue weighted by Crippen LogP contribution is 2.50. The van der Waals surface area contributed by atoms with Gasteiger partial charge < -0.3 is 4.42 Å². The Morgan fingerprint density at radius 2 is 0.962 bits per heavy atom. The van der Waals surface area contributed by atoms with Crippen LogP contribution in [0.1, 0.15) is 29.0 Å². The molecule has 0 amide bonds. The molecule has 0 fully saturated rings. The van der Waals surface area contributed by atoms with Crippen molar-refractivity contribution in [3.63, 3.8) is 0 Å². The van der Waals surface area contributed by atoms with Gasteiger partial charge in [-0.05, 0) is 70.0 Å². The van der Waals surface area contributed by atoms with Crippen LogP contribution in [0.2, 0.25) is 0 Å². The van der Waals surface area contributed by atoms with E-state index >= 15 is 0 Å². The molecule has 0 aliphatic heterocycles. The van der Waals surface area contributed by atoms with Gasteiger partial charge in [0, 0.05) is 33.4 Å². The van der Waals surface area contributed by atoms with Gasteiger partial charge >= 0.3 is 0 Å². The van der Waals surface area contributed by atoms with Crippen molar-refractivity contribution in [3.05, 3.63) is 187 Å². The van der Waals surface area contributed by atoms with E-state index in [2.05, 4.69) is 109 Å². The largest absolute Gasteiger partial charge is 0.456 e. The quantitative estimate of drug-likeness (QED) is 0.170. The summed E-state index contributed by atoms with van der Waals surface area (Å²) in [7, 11) is 0. The van der Waals surface area contributed by atoms with Gasteiger partial charge in [-0.1, -0.05) is 152 Å². The van der Waals surface area contributed by atoms with Crippen LogP contribution >= 0.6 is 0 Å². The Labute approximate surface area is 302 Å². The molecule has 7 aromatic carbocycles. The second-order valence-corrected chi connectivity index (χ2v) is 13.5.